The second-order valence-electron chi connectivity index (χ2n) is 5.06. The van der Waals surface area contributed by atoms with E-state index < -0.39 is 0 Å². The molecule has 0 aliphatic heterocycles. The highest BCUT2D eigenvalue weighted by atomic mass is 32.1. The van der Waals surface area contributed by atoms with E-state index in [0.29, 0.717) is 0 Å². The Morgan fingerprint density at radius 2 is 1.50 bits per heavy atom. The lowest BCUT2D eigenvalue weighted by atomic mass is 10.2. The first kappa shape index (κ1) is 13.0. The molecule has 0 saturated carbocycles. The first-order valence-electron chi connectivity index (χ1n) is 7.16. The number of benzene rings is 3. The molecule has 1 aromatic heterocycles. The van der Waals surface area contributed by atoms with Gasteiger partial charge in [0.25, 0.3) is 0 Å². The summed E-state index contributed by atoms with van der Waals surface area (Å²) in [7, 11) is 0. The fourth-order valence-electron chi connectivity index (χ4n) is 2.41. The van der Waals surface area contributed by atoms with Gasteiger partial charge in [0.1, 0.15) is 5.01 Å². The van der Waals surface area contributed by atoms with Crippen molar-refractivity contribution < 1.29 is 0 Å². The molecule has 3 heteroatoms. The van der Waals surface area contributed by atoms with Gasteiger partial charge >= 0.3 is 0 Å². The van der Waals surface area contributed by atoms with Gasteiger partial charge in [0.05, 0.1) is 10.2 Å². The number of nitrogens with zero attached hydrogens (tertiary/aromatic N) is 1. The molecule has 0 spiro atoms. The molecule has 1 N–H and O–H groups in total. The molecule has 0 unspecified atom stereocenters. The van der Waals surface area contributed by atoms with Crippen LogP contribution in [0.3, 0.4) is 0 Å². The standard InChI is InChI=1S/C19H14N2S/c1-2-8-15(9-3-1)20-16-10-6-7-14(13-16)19-21-17-11-4-5-12-18(17)22-19/h1-13,20H. The van der Waals surface area contributed by atoms with Crippen molar-refractivity contribution in [3.8, 4) is 10.6 Å². The molecule has 0 radical (unpaired) electrons. The second kappa shape index (κ2) is 5.62. The number of thiazole rings is 1. The summed E-state index contributed by atoms with van der Waals surface area (Å²) in [4.78, 5) is 4.72. The SMILES string of the molecule is c1ccc(Nc2cccc(-c3nc4ccccc4s3)c2)cc1. The average molecular weight is 302 g/mol. The maximum Gasteiger partial charge on any atom is 0.124 e. The Bertz CT molecular complexity index is 880. The van der Waals surface area contributed by atoms with E-state index >= 15 is 0 Å². The molecular formula is C19H14N2S. The second-order valence-corrected chi connectivity index (χ2v) is 6.09. The Kier molecular flexibility index (Phi) is 3.33. The predicted octanol–water partition coefficient (Wildman–Crippen LogP) is 5.71. The quantitative estimate of drug-likeness (QED) is 0.524. The van der Waals surface area contributed by atoms with E-state index in [-0.39, 0.29) is 0 Å². The largest absolute Gasteiger partial charge is 0.356 e. The number of hydrogen-bond donors (Lipinski definition) is 1. The molecular weight excluding hydrogens is 288 g/mol. The topological polar surface area (TPSA) is 24.9 Å². The van der Waals surface area contributed by atoms with Crippen LogP contribution < -0.4 is 5.32 Å². The number of para-hydroxylation sites is 2. The lowest BCUT2D eigenvalue weighted by molar-refractivity contribution is 1.47. The fourth-order valence-corrected chi connectivity index (χ4v) is 3.38. The van der Waals surface area contributed by atoms with Crippen LogP contribution in [0.2, 0.25) is 0 Å². The van der Waals surface area contributed by atoms with Gasteiger partial charge in [0.2, 0.25) is 0 Å². The first-order chi connectivity index (χ1) is 10.9. The minimum Gasteiger partial charge on any atom is -0.356 e. The predicted molar refractivity (Wildman–Crippen MR) is 94.8 cm³/mol. The van der Waals surface area contributed by atoms with Crippen molar-refractivity contribution in [1.82, 2.24) is 4.98 Å². The summed E-state index contributed by atoms with van der Waals surface area (Å²) in [5.74, 6) is 0. The summed E-state index contributed by atoms with van der Waals surface area (Å²) < 4.78 is 1.22. The fraction of sp³-hybridized carbons (Fsp3) is 0. The van der Waals surface area contributed by atoms with E-state index in [2.05, 4.69) is 59.9 Å². The highest BCUT2D eigenvalue weighted by molar-refractivity contribution is 7.21. The Hall–Kier alpha value is -2.65. The monoisotopic (exact) mass is 302 g/mol. The van der Waals surface area contributed by atoms with Crippen molar-refractivity contribution in [2.45, 2.75) is 0 Å². The smallest absolute Gasteiger partial charge is 0.124 e. The molecule has 22 heavy (non-hydrogen) atoms. The van der Waals surface area contributed by atoms with E-state index in [1.54, 1.807) is 11.3 Å². The van der Waals surface area contributed by atoms with E-state index in [9.17, 15) is 0 Å². The number of aromatic nitrogens is 1. The number of rotatable bonds is 3. The zero-order chi connectivity index (χ0) is 14.8. The van der Waals surface area contributed by atoms with Crippen molar-refractivity contribution >= 4 is 32.9 Å². The highest BCUT2D eigenvalue weighted by Gasteiger charge is 2.06. The normalized spacial score (nSPS) is 10.7. The maximum atomic E-state index is 4.72. The van der Waals surface area contributed by atoms with Crippen LogP contribution in [0.1, 0.15) is 0 Å². The maximum absolute atomic E-state index is 4.72. The lowest BCUT2D eigenvalue weighted by Crippen LogP contribution is -1.89. The third kappa shape index (κ3) is 2.59. The molecule has 0 atom stereocenters. The van der Waals surface area contributed by atoms with Crippen LogP contribution in [-0.4, -0.2) is 4.98 Å². The molecule has 4 rings (SSSR count). The average Bonchev–Trinajstić information content (AvgIpc) is 3.00. The van der Waals surface area contributed by atoms with Gasteiger partial charge in [0.15, 0.2) is 0 Å². The first-order valence-corrected chi connectivity index (χ1v) is 7.98. The van der Waals surface area contributed by atoms with E-state index in [1.165, 1.54) is 4.70 Å². The van der Waals surface area contributed by atoms with E-state index in [0.717, 1.165) is 27.5 Å². The third-order valence-corrected chi connectivity index (χ3v) is 4.55. The Morgan fingerprint density at radius 1 is 0.727 bits per heavy atom. The van der Waals surface area contributed by atoms with Crippen LogP contribution in [0.15, 0.2) is 78.9 Å². The molecule has 0 aliphatic rings. The molecule has 4 aromatic rings. The number of nitrogens with one attached hydrogen (secondary N) is 1. The summed E-state index contributed by atoms with van der Waals surface area (Å²) in [6.07, 6.45) is 0. The van der Waals surface area contributed by atoms with Crippen molar-refractivity contribution in [3.63, 3.8) is 0 Å². The third-order valence-electron chi connectivity index (χ3n) is 3.47. The molecule has 3 aromatic carbocycles. The van der Waals surface area contributed by atoms with Gasteiger partial charge in [0, 0.05) is 16.9 Å². The van der Waals surface area contributed by atoms with Gasteiger partial charge in [-0.2, -0.15) is 0 Å². The number of hydrogen-bond acceptors (Lipinski definition) is 3. The Balaban J connectivity index is 1.69. The lowest BCUT2D eigenvalue weighted by Gasteiger charge is -2.07. The summed E-state index contributed by atoms with van der Waals surface area (Å²) in [5, 5.41) is 4.48. The molecule has 0 bridgehead atoms. The number of anilines is 2. The van der Waals surface area contributed by atoms with Gasteiger partial charge in [-0.25, -0.2) is 4.98 Å². The van der Waals surface area contributed by atoms with Crippen molar-refractivity contribution in [2.24, 2.45) is 0 Å². The molecule has 0 saturated heterocycles. The van der Waals surface area contributed by atoms with Gasteiger partial charge in [-0.1, -0.05) is 42.5 Å². The molecule has 1 heterocycles. The van der Waals surface area contributed by atoms with E-state index in [4.69, 9.17) is 4.98 Å². The molecule has 0 aliphatic carbocycles. The highest BCUT2D eigenvalue weighted by Crippen LogP contribution is 2.31. The van der Waals surface area contributed by atoms with Crippen LogP contribution in [-0.2, 0) is 0 Å². The minimum atomic E-state index is 1.05. The zero-order valence-corrected chi connectivity index (χ0v) is 12.7. The van der Waals surface area contributed by atoms with Gasteiger partial charge < -0.3 is 5.32 Å². The van der Waals surface area contributed by atoms with Crippen LogP contribution in [0, 0.1) is 0 Å². The summed E-state index contributed by atoms with van der Waals surface area (Å²) in [6, 6.07) is 26.8. The number of fused-ring (bicyclic) bond motifs is 1. The van der Waals surface area contributed by atoms with Gasteiger partial charge in [-0.15, -0.1) is 11.3 Å². The minimum absolute atomic E-state index is 1.05. The van der Waals surface area contributed by atoms with Crippen LogP contribution >= 0.6 is 11.3 Å². The Morgan fingerprint density at radius 3 is 2.36 bits per heavy atom. The summed E-state index contributed by atoms with van der Waals surface area (Å²) in [6.45, 7) is 0. The molecule has 2 nitrogen and oxygen atoms in total. The van der Waals surface area contributed by atoms with Crippen LogP contribution in [0.25, 0.3) is 20.8 Å². The summed E-state index contributed by atoms with van der Waals surface area (Å²) in [5.41, 5.74) is 4.36. The molecule has 106 valence electrons. The van der Waals surface area contributed by atoms with Gasteiger partial charge in [-0.05, 0) is 36.4 Å². The van der Waals surface area contributed by atoms with Gasteiger partial charge in [-0.3, -0.25) is 0 Å². The van der Waals surface area contributed by atoms with Crippen molar-refractivity contribution in [1.29, 1.82) is 0 Å². The molecule has 0 amide bonds. The van der Waals surface area contributed by atoms with Crippen molar-refractivity contribution in [2.75, 3.05) is 5.32 Å². The zero-order valence-electron chi connectivity index (χ0n) is 11.9. The van der Waals surface area contributed by atoms with Crippen LogP contribution in [0.4, 0.5) is 11.4 Å². The van der Waals surface area contributed by atoms with Crippen molar-refractivity contribution in [3.05, 3.63) is 78.9 Å². The molecule has 0 fully saturated rings. The summed E-state index contributed by atoms with van der Waals surface area (Å²) >= 11 is 1.73. The van der Waals surface area contributed by atoms with Crippen LogP contribution in [0.5, 0.6) is 0 Å². The Labute approximate surface area is 133 Å². The van der Waals surface area contributed by atoms with E-state index in [1.807, 2.05) is 24.3 Å².